The minimum absolute atomic E-state index is 0.682. The van der Waals surface area contributed by atoms with Gasteiger partial charge >= 0.3 is 0 Å². The van der Waals surface area contributed by atoms with E-state index in [1.165, 1.54) is 5.56 Å². The fraction of sp³-hybridized carbons (Fsp3) is 0.125. The molecule has 0 saturated carbocycles. The van der Waals surface area contributed by atoms with Crippen LogP contribution in [0.25, 0.3) is 11.3 Å². The van der Waals surface area contributed by atoms with Gasteiger partial charge in [-0.1, -0.05) is 29.4 Å². The summed E-state index contributed by atoms with van der Waals surface area (Å²) in [4.78, 5) is 4.61. The summed E-state index contributed by atoms with van der Waals surface area (Å²) in [5.74, 6) is 0.689. The molecule has 4 rings (SSSR count). The molecular formula is C16H13ClN6S. The smallest absolute Gasteiger partial charge is 0.214 e. The van der Waals surface area contributed by atoms with Crippen LogP contribution in [0.1, 0.15) is 11.3 Å². The molecule has 0 amide bonds. The number of benzene rings is 1. The minimum Gasteiger partial charge on any atom is -0.307 e. The summed E-state index contributed by atoms with van der Waals surface area (Å²) in [5.41, 5.74) is 3.99. The molecule has 120 valence electrons. The Kier molecular flexibility index (Phi) is 3.95. The summed E-state index contributed by atoms with van der Waals surface area (Å²) < 4.78 is 3.73. The number of nitrogens with zero attached hydrogens (tertiary/aromatic N) is 6. The van der Waals surface area contributed by atoms with Gasteiger partial charge < -0.3 is 4.40 Å². The van der Waals surface area contributed by atoms with E-state index >= 15 is 0 Å². The molecule has 3 heterocycles. The molecule has 6 nitrogen and oxygen atoms in total. The summed E-state index contributed by atoms with van der Waals surface area (Å²) in [6.07, 6.45) is 4.10. The molecular weight excluding hydrogens is 344 g/mol. The molecule has 0 N–H and O–H groups in total. The third-order valence-electron chi connectivity index (χ3n) is 3.51. The van der Waals surface area contributed by atoms with Crippen LogP contribution in [0.2, 0.25) is 5.02 Å². The maximum absolute atomic E-state index is 5.93. The maximum Gasteiger partial charge on any atom is 0.214 e. The minimum atomic E-state index is 0.682. The average molecular weight is 357 g/mol. The van der Waals surface area contributed by atoms with Crippen LogP contribution < -0.4 is 0 Å². The van der Waals surface area contributed by atoms with Crippen LogP contribution in [0.3, 0.4) is 0 Å². The molecule has 0 saturated heterocycles. The van der Waals surface area contributed by atoms with E-state index in [0.717, 1.165) is 17.0 Å². The van der Waals surface area contributed by atoms with E-state index in [2.05, 4.69) is 39.7 Å². The summed E-state index contributed by atoms with van der Waals surface area (Å²) in [6, 6.07) is 11.5. The van der Waals surface area contributed by atoms with Crippen LogP contribution in [0.15, 0.2) is 53.9 Å². The quantitative estimate of drug-likeness (QED) is 0.523. The van der Waals surface area contributed by atoms with E-state index in [9.17, 15) is 0 Å². The second kappa shape index (κ2) is 6.26. The Hall–Kier alpha value is -2.38. The lowest BCUT2D eigenvalue weighted by atomic mass is 10.3. The summed E-state index contributed by atoms with van der Waals surface area (Å²) in [5, 5.41) is 13.3. The fourth-order valence-corrected chi connectivity index (χ4v) is 3.28. The molecule has 0 fully saturated rings. The van der Waals surface area contributed by atoms with E-state index in [4.69, 9.17) is 11.6 Å². The highest BCUT2D eigenvalue weighted by atomic mass is 35.5. The zero-order valence-corrected chi connectivity index (χ0v) is 14.4. The molecule has 3 aromatic heterocycles. The summed E-state index contributed by atoms with van der Waals surface area (Å²) in [6.45, 7) is 2.06. The Balaban J connectivity index is 1.55. The molecule has 4 aromatic rings. The molecule has 0 bridgehead atoms. The second-order valence-electron chi connectivity index (χ2n) is 5.34. The van der Waals surface area contributed by atoms with Crippen molar-refractivity contribution in [3.05, 3.63) is 65.1 Å². The number of halogens is 1. The average Bonchev–Trinajstić information content (AvgIpc) is 3.19. The predicted octanol–water partition coefficient (Wildman–Crippen LogP) is 3.56. The maximum atomic E-state index is 5.93. The highest BCUT2D eigenvalue weighted by Crippen LogP contribution is 2.23. The van der Waals surface area contributed by atoms with E-state index in [0.29, 0.717) is 15.9 Å². The third kappa shape index (κ3) is 3.00. The zero-order chi connectivity index (χ0) is 16.5. The lowest BCUT2D eigenvalue weighted by Gasteiger charge is -2.03. The molecule has 24 heavy (non-hydrogen) atoms. The number of hydrogen-bond donors (Lipinski definition) is 0. The lowest BCUT2D eigenvalue weighted by Crippen LogP contribution is -1.98. The van der Waals surface area contributed by atoms with Crippen LogP contribution in [0.5, 0.6) is 0 Å². The molecule has 8 heteroatoms. The molecule has 0 atom stereocenters. The topological polar surface area (TPSA) is 60.9 Å². The van der Waals surface area contributed by atoms with Crippen molar-refractivity contribution in [2.24, 2.45) is 0 Å². The third-order valence-corrected chi connectivity index (χ3v) is 4.71. The Morgan fingerprint density at radius 3 is 2.75 bits per heavy atom. The Bertz CT molecular complexity index is 991. The van der Waals surface area contributed by atoms with E-state index in [1.807, 2.05) is 40.9 Å². The van der Waals surface area contributed by atoms with E-state index in [1.54, 1.807) is 16.4 Å². The number of fused-ring (bicyclic) bond motifs is 1. The number of aromatic nitrogens is 6. The van der Waals surface area contributed by atoms with Crippen molar-refractivity contribution in [1.29, 1.82) is 0 Å². The normalized spacial score (nSPS) is 11.2. The first-order valence-electron chi connectivity index (χ1n) is 7.30. The Morgan fingerprint density at radius 1 is 1.08 bits per heavy atom. The van der Waals surface area contributed by atoms with Gasteiger partial charge in [0.25, 0.3) is 0 Å². The molecule has 0 unspecified atom stereocenters. The summed E-state index contributed by atoms with van der Waals surface area (Å²) >= 11 is 7.47. The van der Waals surface area contributed by atoms with Gasteiger partial charge in [-0.2, -0.15) is 4.68 Å². The first-order chi connectivity index (χ1) is 11.7. The number of rotatable bonds is 4. The van der Waals surface area contributed by atoms with Gasteiger partial charge in [0.05, 0.1) is 11.4 Å². The van der Waals surface area contributed by atoms with Crippen LogP contribution in [0, 0.1) is 6.92 Å². The largest absolute Gasteiger partial charge is 0.307 e. The van der Waals surface area contributed by atoms with Crippen LogP contribution in [-0.2, 0) is 5.75 Å². The van der Waals surface area contributed by atoms with Crippen LogP contribution in [0.4, 0.5) is 0 Å². The van der Waals surface area contributed by atoms with Gasteiger partial charge in [0, 0.05) is 23.2 Å². The van der Waals surface area contributed by atoms with Gasteiger partial charge in [0.1, 0.15) is 5.65 Å². The number of pyridine rings is 1. The number of hydrogen-bond acceptors (Lipinski definition) is 5. The number of aryl methyl sites for hydroxylation is 1. The van der Waals surface area contributed by atoms with Crippen LogP contribution in [-0.4, -0.2) is 29.6 Å². The highest BCUT2D eigenvalue weighted by Gasteiger charge is 2.10. The zero-order valence-electron chi connectivity index (χ0n) is 12.8. The second-order valence-corrected chi connectivity index (χ2v) is 6.72. The lowest BCUT2D eigenvalue weighted by molar-refractivity contribution is 0.756. The van der Waals surface area contributed by atoms with Crippen LogP contribution >= 0.6 is 23.4 Å². The van der Waals surface area contributed by atoms with E-state index in [-0.39, 0.29) is 0 Å². The van der Waals surface area contributed by atoms with Crippen molar-refractivity contribution in [3.63, 3.8) is 0 Å². The van der Waals surface area contributed by atoms with Gasteiger partial charge in [-0.15, -0.1) is 5.10 Å². The number of imidazole rings is 1. The van der Waals surface area contributed by atoms with Gasteiger partial charge in [-0.05, 0) is 53.2 Å². The highest BCUT2D eigenvalue weighted by molar-refractivity contribution is 7.98. The molecule has 1 aromatic carbocycles. The Morgan fingerprint density at radius 2 is 1.92 bits per heavy atom. The van der Waals surface area contributed by atoms with Crippen molar-refractivity contribution < 1.29 is 0 Å². The number of tetrazole rings is 1. The first kappa shape index (κ1) is 15.2. The molecule has 0 aliphatic heterocycles. The van der Waals surface area contributed by atoms with E-state index < -0.39 is 0 Å². The van der Waals surface area contributed by atoms with Crippen molar-refractivity contribution in [2.45, 2.75) is 17.8 Å². The molecule has 0 radical (unpaired) electrons. The van der Waals surface area contributed by atoms with Crippen molar-refractivity contribution in [2.75, 3.05) is 0 Å². The van der Waals surface area contributed by atoms with Gasteiger partial charge in [-0.25, -0.2) is 4.98 Å². The molecule has 0 aliphatic rings. The number of thioether (sulfide) groups is 1. The van der Waals surface area contributed by atoms with Crippen molar-refractivity contribution in [1.82, 2.24) is 29.6 Å². The first-order valence-corrected chi connectivity index (χ1v) is 8.67. The standard InChI is InChI=1S/C16H13ClN6S/c1-11-2-7-15-18-13(9-22(15)8-11)10-24-16-19-20-21-23(16)14-5-3-12(17)4-6-14/h2-9H,10H2,1H3. The van der Waals surface area contributed by atoms with Crippen molar-refractivity contribution >= 4 is 29.0 Å². The Labute approximate surface area is 147 Å². The fourth-order valence-electron chi connectivity index (χ4n) is 2.38. The van der Waals surface area contributed by atoms with Gasteiger partial charge in [0.2, 0.25) is 5.16 Å². The molecule has 0 aliphatic carbocycles. The van der Waals surface area contributed by atoms with Gasteiger partial charge in [-0.3, -0.25) is 0 Å². The monoisotopic (exact) mass is 356 g/mol. The molecule has 0 spiro atoms. The van der Waals surface area contributed by atoms with Crippen molar-refractivity contribution in [3.8, 4) is 5.69 Å². The summed E-state index contributed by atoms with van der Waals surface area (Å²) in [7, 11) is 0. The predicted molar refractivity (Wildman–Crippen MR) is 93.7 cm³/mol. The SMILES string of the molecule is Cc1ccc2nc(CSc3nnnn3-c3ccc(Cl)cc3)cn2c1. The van der Waals surface area contributed by atoms with Gasteiger partial charge in [0.15, 0.2) is 0 Å².